The van der Waals surface area contributed by atoms with Crippen LogP contribution in [0.25, 0.3) is 5.69 Å². The number of ether oxygens (including phenoxy) is 1. The van der Waals surface area contributed by atoms with E-state index in [0.717, 1.165) is 12.8 Å². The summed E-state index contributed by atoms with van der Waals surface area (Å²) < 4.78 is 19.7. The molecule has 28 heavy (non-hydrogen) atoms. The maximum absolute atomic E-state index is 13.1. The summed E-state index contributed by atoms with van der Waals surface area (Å²) in [5, 5.41) is 6.98. The summed E-state index contributed by atoms with van der Waals surface area (Å²) in [7, 11) is 0. The molecule has 3 rings (SSSR count). The first-order chi connectivity index (χ1) is 13.4. The Morgan fingerprint density at radius 1 is 1.25 bits per heavy atom. The first kappa shape index (κ1) is 20.0. The second kappa shape index (κ2) is 8.95. The SMILES string of the molecule is Cc1nc(C(=O)O[C@H](C)C(=O)NCC2CCCCC2)nn1-c1ccc(F)cc1. The van der Waals surface area contributed by atoms with Crippen molar-refractivity contribution in [1.82, 2.24) is 20.1 Å². The van der Waals surface area contributed by atoms with Gasteiger partial charge in [0.2, 0.25) is 0 Å². The molecule has 0 unspecified atom stereocenters. The number of aromatic nitrogens is 3. The number of halogens is 1. The average Bonchev–Trinajstić information content (AvgIpc) is 3.09. The summed E-state index contributed by atoms with van der Waals surface area (Å²) in [5.74, 6) is -0.662. The van der Waals surface area contributed by atoms with Crippen molar-refractivity contribution in [3.63, 3.8) is 0 Å². The highest BCUT2D eigenvalue weighted by Gasteiger charge is 2.24. The number of carbonyl (C=O) groups is 2. The zero-order valence-corrected chi connectivity index (χ0v) is 16.2. The van der Waals surface area contributed by atoms with Crippen molar-refractivity contribution < 1.29 is 18.7 Å². The van der Waals surface area contributed by atoms with E-state index in [9.17, 15) is 14.0 Å². The molecule has 1 fully saturated rings. The fraction of sp³-hybridized carbons (Fsp3) is 0.500. The van der Waals surface area contributed by atoms with Crippen LogP contribution in [0.1, 0.15) is 55.5 Å². The third kappa shape index (κ3) is 4.94. The van der Waals surface area contributed by atoms with Crippen LogP contribution in [-0.2, 0) is 9.53 Å². The second-order valence-electron chi connectivity index (χ2n) is 7.17. The van der Waals surface area contributed by atoms with E-state index in [4.69, 9.17) is 4.74 Å². The van der Waals surface area contributed by atoms with Crippen LogP contribution in [0, 0.1) is 18.7 Å². The molecule has 0 spiro atoms. The molecular weight excluding hydrogens is 363 g/mol. The van der Waals surface area contributed by atoms with Crippen molar-refractivity contribution in [1.29, 1.82) is 0 Å². The quantitative estimate of drug-likeness (QED) is 0.769. The van der Waals surface area contributed by atoms with Gasteiger partial charge in [-0.05, 0) is 56.9 Å². The third-order valence-electron chi connectivity index (χ3n) is 4.97. The number of nitrogens with one attached hydrogen (secondary N) is 1. The monoisotopic (exact) mass is 388 g/mol. The van der Waals surface area contributed by atoms with E-state index in [1.807, 2.05) is 0 Å². The van der Waals surface area contributed by atoms with Gasteiger partial charge >= 0.3 is 5.97 Å². The van der Waals surface area contributed by atoms with Crippen LogP contribution >= 0.6 is 0 Å². The van der Waals surface area contributed by atoms with Crippen molar-refractivity contribution in [3.05, 3.63) is 41.7 Å². The third-order valence-corrected chi connectivity index (χ3v) is 4.97. The lowest BCUT2D eigenvalue weighted by Crippen LogP contribution is -2.38. The first-order valence-corrected chi connectivity index (χ1v) is 9.62. The molecule has 0 aliphatic heterocycles. The molecule has 1 atom stereocenters. The summed E-state index contributed by atoms with van der Waals surface area (Å²) in [6, 6.07) is 5.67. The van der Waals surface area contributed by atoms with E-state index >= 15 is 0 Å². The number of carbonyl (C=O) groups excluding carboxylic acids is 2. The zero-order valence-electron chi connectivity index (χ0n) is 16.2. The highest BCUT2D eigenvalue weighted by molar-refractivity contribution is 5.89. The van der Waals surface area contributed by atoms with Crippen molar-refractivity contribution in [3.8, 4) is 5.69 Å². The number of hydrogen-bond donors (Lipinski definition) is 1. The van der Waals surface area contributed by atoms with Crippen LogP contribution in [0.3, 0.4) is 0 Å². The molecule has 1 aliphatic rings. The second-order valence-corrected chi connectivity index (χ2v) is 7.17. The highest BCUT2D eigenvalue weighted by Crippen LogP contribution is 2.22. The molecule has 1 aromatic heterocycles. The lowest BCUT2D eigenvalue weighted by Gasteiger charge is -2.22. The van der Waals surface area contributed by atoms with Crippen molar-refractivity contribution in [2.45, 2.75) is 52.1 Å². The predicted molar refractivity (Wildman–Crippen MR) is 101 cm³/mol. The van der Waals surface area contributed by atoms with Crippen LogP contribution in [0.15, 0.2) is 24.3 Å². The molecule has 1 saturated carbocycles. The smallest absolute Gasteiger partial charge is 0.379 e. The predicted octanol–water partition coefficient (Wildman–Crippen LogP) is 2.96. The minimum absolute atomic E-state index is 0.145. The number of benzene rings is 1. The largest absolute Gasteiger partial charge is 0.447 e. The van der Waals surface area contributed by atoms with Crippen LogP contribution in [0.5, 0.6) is 0 Å². The maximum Gasteiger partial charge on any atom is 0.379 e. The molecule has 0 saturated heterocycles. The average molecular weight is 388 g/mol. The van der Waals surface area contributed by atoms with E-state index in [2.05, 4.69) is 15.4 Å². The molecule has 2 aromatic rings. The minimum atomic E-state index is -0.936. The summed E-state index contributed by atoms with van der Waals surface area (Å²) >= 11 is 0. The fourth-order valence-electron chi connectivity index (χ4n) is 3.35. The number of nitrogens with zero attached hydrogens (tertiary/aromatic N) is 3. The number of rotatable bonds is 6. The van der Waals surface area contributed by atoms with Gasteiger partial charge in [-0.3, -0.25) is 4.79 Å². The standard InChI is InChI=1S/C20H25FN4O3/c1-13(19(26)22-12-15-6-4-3-5-7-15)28-20(27)18-23-14(2)25(24-18)17-10-8-16(21)9-11-17/h8-11,13,15H,3-7,12H2,1-2H3,(H,22,26)/t13-/m1/s1. The van der Waals surface area contributed by atoms with Gasteiger partial charge in [0, 0.05) is 6.54 Å². The van der Waals surface area contributed by atoms with Gasteiger partial charge in [-0.25, -0.2) is 18.9 Å². The lowest BCUT2D eigenvalue weighted by atomic mass is 9.89. The molecule has 7 nitrogen and oxygen atoms in total. The van der Waals surface area contributed by atoms with E-state index in [-0.39, 0.29) is 17.5 Å². The Morgan fingerprint density at radius 3 is 2.61 bits per heavy atom. The van der Waals surface area contributed by atoms with Gasteiger partial charge in [-0.2, -0.15) is 0 Å². The molecular formula is C20H25FN4O3. The number of esters is 1. The Kier molecular flexibility index (Phi) is 6.38. The van der Waals surface area contributed by atoms with Crippen molar-refractivity contribution in [2.75, 3.05) is 6.54 Å². The van der Waals surface area contributed by atoms with Gasteiger partial charge in [-0.1, -0.05) is 19.3 Å². The number of aryl methyl sites for hydroxylation is 1. The molecule has 1 amide bonds. The molecule has 1 aliphatic carbocycles. The number of hydrogen-bond acceptors (Lipinski definition) is 5. The van der Waals surface area contributed by atoms with Crippen molar-refractivity contribution >= 4 is 11.9 Å². The topological polar surface area (TPSA) is 86.1 Å². The van der Waals surface area contributed by atoms with Gasteiger partial charge < -0.3 is 10.1 Å². The summed E-state index contributed by atoms with van der Waals surface area (Å²) in [6.45, 7) is 3.81. The molecule has 1 N–H and O–H groups in total. The van der Waals surface area contributed by atoms with E-state index < -0.39 is 12.1 Å². The summed E-state index contributed by atoms with van der Waals surface area (Å²) in [5.41, 5.74) is 0.573. The van der Waals surface area contributed by atoms with Crippen LogP contribution in [-0.4, -0.2) is 39.3 Å². The highest BCUT2D eigenvalue weighted by atomic mass is 19.1. The van der Waals surface area contributed by atoms with Crippen LogP contribution in [0.4, 0.5) is 4.39 Å². The zero-order chi connectivity index (χ0) is 20.1. The number of amides is 1. The molecule has 1 aromatic carbocycles. The van der Waals surface area contributed by atoms with Crippen molar-refractivity contribution in [2.24, 2.45) is 5.92 Å². The molecule has 150 valence electrons. The Hall–Kier alpha value is -2.77. The molecule has 0 radical (unpaired) electrons. The first-order valence-electron chi connectivity index (χ1n) is 9.62. The van der Waals surface area contributed by atoms with Crippen LogP contribution in [0.2, 0.25) is 0 Å². The van der Waals surface area contributed by atoms with E-state index in [1.54, 1.807) is 6.92 Å². The maximum atomic E-state index is 13.1. The Bertz CT molecular complexity index is 828. The van der Waals surface area contributed by atoms with Crippen LogP contribution < -0.4 is 5.32 Å². The molecule has 0 bridgehead atoms. The molecule has 8 heteroatoms. The van der Waals surface area contributed by atoms with Gasteiger partial charge in [-0.15, -0.1) is 5.10 Å². The van der Waals surface area contributed by atoms with E-state index in [1.165, 1.54) is 55.1 Å². The van der Waals surface area contributed by atoms with Gasteiger partial charge in [0.25, 0.3) is 11.7 Å². The van der Waals surface area contributed by atoms with Gasteiger partial charge in [0.15, 0.2) is 6.10 Å². The molecule has 1 heterocycles. The van der Waals surface area contributed by atoms with Gasteiger partial charge in [0.05, 0.1) is 5.69 Å². The Labute approximate surface area is 163 Å². The van der Waals surface area contributed by atoms with Gasteiger partial charge in [0.1, 0.15) is 11.6 Å². The minimum Gasteiger partial charge on any atom is -0.447 e. The Morgan fingerprint density at radius 2 is 1.93 bits per heavy atom. The lowest BCUT2D eigenvalue weighted by molar-refractivity contribution is -0.129. The van der Waals surface area contributed by atoms with E-state index in [0.29, 0.717) is 24.0 Å². The summed E-state index contributed by atoms with van der Waals surface area (Å²) in [6.07, 6.45) is 4.97. The summed E-state index contributed by atoms with van der Waals surface area (Å²) in [4.78, 5) is 28.6. The normalized spacial score (nSPS) is 15.8. The Balaban J connectivity index is 1.57. The fourth-order valence-corrected chi connectivity index (χ4v) is 3.35.